The zero-order valence-electron chi connectivity index (χ0n) is 5.56. The molecule has 0 rings (SSSR count). The van der Waals surface area contributed by atoms with Crippen molar-refractivity contribution in [2.24, 2.45) is 5.73 Å². The van der Waals surface area contributed by atoms with Gasteiger partial charge in [-0.25, -0.2) is 0 Å². The molecule has 0 aliphatic carbocycles. The first-order valence-electron chi connectivity index (χ1n) is 2.61. The summed E-state index contributed by atoms with van der Waals surface area (Å²) in [5.74, 6) is -1.22. The Bertz CT molecular complexity index is 222. The van der Waals surface area contributed by atoms with Crippen LogP contribution < -0.4 is 5.73 Å². The lowest BCUT2D eigenvalue weighted by Gasteiger charge is -2.05. The van der Waals surface area contributed by atoms with Crippen LogP contribution in [0.4, 0.5) is 0 Å². The van der Waals surface area contributed by atoms with Crippen LogP contribution in [0.3, 0.4) is 0 Å². The van der Waals surface area contributed by atoms with Gasteiger partial charge in [-0.1, -0.05) is 0 Å². The first-order chi connectivity index (χ1) is 4.98. The van der Waals surface area contributed by atoms with Crippen molar-refractivity contribution in [3.8, 4) is 0 Å². The molecule has 11 heavy (non-hydrogen) atoms. The van der Waals surface area contributed by atoms with Gasteiger partial charge in [0, 0.05) is 6.54 Å². The Balaban J connectivity index is 3.84. The lowest BCUT2D eigenvalue weighted by molar-refractivity contribution is 0.362. The standard InChI is InChI=1S/C3H9NO5S2/c4-1-2-11(7,8)9-3-10(5)6/h1-4H2,(H,5,6)/p-1. The maximum atomic E-state index is 10.6. The highest BCUT2D eigenvalue weighted by molar-refractivity contribution is 7.87. The van der Waals surface area contributed by atoms with E-state index in [-0.39, 0.29) is 12.3 Å². The van der Waals surface area contributed by atoms with Gasteiger partial charge in [0.05, 0.1) is 5.75 Å². The van der Waals surface area contributed by atoms with E-state index in [1.54, 1.807) is 0 Å². The van der Waals surface area contributed by atoms with Crippen LogP contribution in [0.25, 0.3) is 0 Å². The summed E-state index contributed by atoms with van der Waals surface area (Å²) in [6.07, 6.45) is 0. The van der Waals surface area contributed by atoms with E-state index in [9.17, 15) is 17.2 Å². The van der Waals surface area contributed by atoms with Crippen molar-refractivity contribution in [3.05, 3.63) is 0 Å². The summed E-state index contributed by atoms with van der Waals surface area (Å²) in [4.78, 5) is 0. The fraction of sp³-hybridized carbons (Fsp3) is 1.00. The number of rotatable bonds is 5. The minimum absolute atomic E-state index is 0.0895. The fourth-order valence-electron chi connectivity index (χ4n) is 0.316. The van der Waals surface area contributed by atoms with Crippen LogP contribution in [0.15, 0.2) is 0 Å². The maximum Gasteiger partial charge on any atom is 0.269 e. The molecule has 0 heterocycles. The lowest BCUT2D eigenvalue weighted by atomic mass is 10.8. The Hall–Kier alpha value is -0.0200. The average Bonchev–Trinajstić information content (AvgIpc) is 1.84. The molecule has 2 N–H and O–H groups in total. The highest BCUT2D eigenvalue weighted by atomic mass is 32.2. The smallest absolute Gasteiger partial charge is 0.269 e. The monoisotopic (exact) mass is 202 g/mol. The Labute approximate surface area is 67.1 Å². The van der Waals surface area contributed by atoms with E-state index in [1.165, 1.54) is 0 Å². The van der Waals surface area contributed by atoms with Crippen LogP contribution >= 0.6 is 0 Å². The minimum atomic E-state index is -3.74. The predicted octanol–water partition coefficient (Wildman–Crippen LogP) is -1.87. The first kappa shape index (κ1) is 11.0. The Morgan fingerprint density at radius 2 is 2.09 bits per heavy atom. The van der Waals surface area contributed by atoms with Gasteiger partial charge in [0.15, 0.2) is 0 Å². The van der Waals surface area contributed by atoms with Crippen molar-refractivity contribution >= 4 is 21.2 Å². The Morgan fingerprint density at radius 1 is 1.55 bits per heavy atom. The van der Waals surface area contributed by atoms with Gasteiger partial charge in [-0.15, -0.1) is 0 Å². The SMILES string of the molecule is NCCS(=O)(=O)OCS(=O)[O-]. The zero-order chi connectivity index (χ0) is 8.91. The van der Waals surface area contributed by atoms with E-state index in [4.69, 9.17) is 5.73 Å². The third-order valence-corrected chi connectivity index (χ3v) is 2.36. The summed E-state index contributed by atoms with van der Waals surface area (Å²) in [5.41, 5.74) is 4.91. The third-order valence-electron chi connectivity index (χ3n) is 0.692. The molecule has 0 spiro atoms. The first-order valence-corrected chi connectivity index (χ1v) is 5.43. The van der Waals surface area contributed by atoms with Crippen LogP contribution in [-0.4, -0.2) is 35.4 Å². The van der Waals surface area contributed by atoms with Gasteiger partial charge in [-0.3, -0.25) is 8.39 Å². The zero-order valence-corrected chi connectivity index (χ0v) is 7.19. The molecule has 0 bridgehead atoms. The quantitative estimate of drug-likeness (QED) is 0.413. The predicted molar refractivity (Wildman–Crippen MR) is 37.7 cm³/mol. The van der Waals surface area contributed by atoms with Gasteiger partial charge in [0.1, 0.15) is 5.94 Å². The van der Waals surface area contributed by atoms with Crippen molar-refractivity contribution < 1.29 is 21.4 Å². The molecular formula is C3H8NO5S2-. The molecule has 0 aliphatic rings. The number of hydrogen-bond acceptors (Lipinski definition) is 6. The molecule has 0 aromatic carbocycles. The van der Waals surface area contributed by atoms with E-state index in [0.29, 0.717) is 0 Å². The second kappa shape index (κ2) is 4.78. The summed E-state index contributed by atoms with van der Waals surface area (Å²) in [5, 5.41) is 0. The normalized spacial score (nSPS) is 14.7. The van der Waals surface area contributed by atoms with Gasteiger partial charge in [0.25, 0.3) is 10.1 Å². The molecule has 0 aliphatic heterocycles. The molecule has 0 amide bonds. The summed E-state index contributed by atoms with van der Waals surface area (Å²) >= 11 is -2.51. The van der Waals surface area contributed by atoms with Gasteiger partial charge in [0.2, 0.25) is 0 Å². The third kappa shape index (κ3) is 6.38. The van der Waals surface area contributed by atoms with E-state index < -0.39 is 27.1 Å². The second-order valence-electron chi connectivity index (χ2n) is 1.59. The highest BCUT2D eigenvalue weighted by Gasteiger charge is 2.08. The van der Waals surface area contributed by atoms with Crippen molar-refractivity contribution in [1.29, 1.82) is 0 Å². The molecule has 0 fully saturated rings. The summed E-state index contributed by atoms with van der Waals surface area (Å²) in [7, 11) is -3.74. The molecule has 6 nitrogen and oxygen atoms in total. The number of hydrogen-bond donors (Lipinski definition) is 1. The molecule has 8 heteroatoms. The minimum Gasteiger partial charge on any atom is -0.771 e. The number of nitrogens with two attached hydrogens (primary N) is 1. The molecular weight excluding hydrogens is 194 g/mol. The van der Waals surface area contributed by atoms with Crippen LogP contribution in [0.5, 0.6) is 0 Å². The maximum absolute atomic E-state index is 10.6. The van der Waals surface area contributed by atoms with Crippen LogP contribution in [0.2, 0.25) is 0 Å². The van der Waals surface area contributed by atoms with E-state index in [2.05, 4.69) is 4.18 Å². The van der Waals surface area contributed by atoms with Gasteiger partial charge < -0.3 is 10.3 Å². The lowest BCUT2D eigenvalue weighted by Crippen LogP contribution is -2.19. The van der Waals surface area contributed by atoms with Crippen molar-refractivity contribution in [2.45, 2.75) is 0 Å². The highest BCUT2D eigenvalue weighted by Crippen LogP contribution is 1.92. The molecule has 0 radical (unpaired) electrons. The van der Waals surface area contributed by atoms with E-state index in [1.807, 2.05) is 0 Å². The summed E-state index contributed by atoms with van der Waals surface area (Å²) < 4.78 is 44.8. The van der Waals surface area contributed by atoms with E-state index >= 15 is 0 Å². The average molecular weight is 202 g/mol. The molecule has 0 aromatic heterocycles. The molecule has 0 saturated heterocycles. The van der Waals surface area contributed by atoms with Gasteiger partial charge in [-0.05, 0) is 11.1 Å². The van der Waals surface area contributed by atoms with Crippen molar-refractivity contribution in [3.63, 3.8) is 0 Å². The van der Waals surface area contributed by atoms with Crippen LogP contribution in [0.1, 0.15) is 0 Å². The summed E-state index contributed by atoms with van der Waals surface area (Å²) in [6.45, 7) is -0.0895. The molecule has 0 saturated carbocycles. The van der Waals surface area contributed by atoms with Gasteiger partial charge in [-0.2, -0.15) is 8.42 Å². The molecule has 1 atom stereocenters. The molecule has 68 valence electrons. The van der Waals surface area contributed by atoms with Crippen molar-refractivity contribution in [2.75, 3.05) is 18.2 Å². The molecule has 1 unspecified atom stereocenters. The van der Waals surface area contributed by atoms with Crippen LogP contribution in [-0.2, 0) is 25.4 Å². The van der Waals surface area contributed by atoms with Gasteiger partial charge >= 0.3 is 0 Å². The fourth-order valence-corrected chi connectivity index (χ4v) is 1.62. The second-order valence-corrected chi connectivity index (χ2v) is 4.19. The topological polar surface area (TPSA) is 110 Å². The largest absolute Gasteiger partial charge is 0.771 e. The Kier molecular flexibility index (Phi) is 4.77. The Morgan fingerprint density at radius 3 is 2.45 bits per heavy atom. The summed E-state index contributed by atoms with van der Waals surface area (Å²) in [6, 6.07) is 0. The molecule has 0 aromatic rings. The van der Waals surface area contributed by atoms with Crippen molar-refractivity contribution in [1.82, 2.24) is 0 Å². The van der Waals surface area contributed by atoms with E-state index in [0.717, 1.165) is 0 Å². The van der Waals surface area contributed by atoms with Crippen LogP contribution in [0, 0.1) is 0 Å².